The first-order valence-electron chi connectivity index (χ1n) is 6.67. The van der Waals surface area contributed by atoms with Crippen molar-refractivity contribution in [1.29, 1.82) is 0 Å². The summed E-state index contributed by atoms with van der Waals surface area (Å²) in [6.45, 7) is 2.59. The fourth-order valence-corrected chi connectivity index (χ4v) is 1.54. The summed E-state index contributed by atoms with van der Waals surface area (Å²) in [5, 5.41) is 13.2. The highest BCUT2D eigenvalue weighted by molar-refractivity contribution is 6.02. The molecule has 1 rings (SSSR count). The average molecular weight is 324 g/mol. The minimum atomic E-state index is -1.21. The van der Waals surface area contributed by atoms with Crippen molar-refractivity contribution in [2.45, 2.75) is 26.4 Å². The Hall–Kier alpha value is -2.81. The monoisotopic (exact) mass is 324 g/mol. The zero-order valence-electron chi connectivity index (χ0n) is 12.6. The SMILES string of the molecule is C/C=C(\NC(=O)c1ccc(F)c(CN)n1)C(=O)N[C@@H](C)C(=O)O. The maximum atomic E-state index is 13.3. The van der Waals surface area contributed by atoms with E-state index >= 15 is 0 Å². The second-order valence-corrected chi connectivity index (χ2v) is 4.52. The van der Waals surface area contributed by atoms with Gasteiger partial charge >= 0.3 is 5.97 Å². The lowest BCUT2D eigenvalue weighted by Crippen LogP contribution is -2.42. The van der Waals surface area contributed by atoms with Crippen LogP contribution in [0.4, 0.5) is 4.39 Å². The topological polar surface area (TPSA) is 134 Å². The molecule has 2 amide bonds. The standard InChI is InChI=1S/C14H17FN4O4/c1-3-9(12(20)17-7(2)14(22)23)19-13(21)10-5-4-8(15)11(6-16)18-10/h3-5,7H,6,16H2,1-2H3,(H,17,20)(H,19,21)(H,22,23)/b9-3-/t7-/m0/s1. The molecule has 1 atom stereocenters. The summed E-state index contributed by atoms with van der Waals surface area (Å²) >= 11 is 0. The minimum Gasteiger partial charge on any atom is -0.480 e. The van der Waals surface area contributed by atoms with Gasteiger partial charge in [-0.2, -0.15) is 0 Å². The van der Waals surface area contributed by atoms with E-state index in [1.807, 2.05) is 0 Å². The Balaban J connectivity index is 2.85. The Bertz CT molecular complexity index is 660. The summed E-state index contributed by atoms with van der Waals surface area (Å²) in [7, 11) is 0. The molecule has 0 aliphatic heterocycles. The molecular weight excluding hydrogens is 307 g/mol. The second kappa shape index (κ2) is 7.99. The number of halogens is 1. The fourth-order valence-electron chi connectivity index (χ4n) is 1.54. The van der Waals surface area contributed by atoms with E-state index in [0.29, 0.717) is 0 Å². The van der Waals surface area contributed by atoms with E-state index in [0.717, 1.165) is 12.1 Å². The highest BCUT2D eigenvalue weighted by Gasteiger charge is 2.19. The summed E-state index contributed by atoms with van der Waals surface area (Å²) in [6, 6.07) is 1.07. The number of nitrogens with zero attached hydrogens (tertiary/aromatic N) is 1. The van der Waals surface area contributed by atoms with Gasteiger partial charge in [-0.05, 0) is 26.0 Å². The van der Waals surface area contributed by atoms with Crippen LogP contribution in [0.25, 0.3) is 0 Å². The normalized spacial score (nSPS) is 12.4. The molecule has 1 aromatic heterocycles. The molecule has 5 N–H and O–H groups in total. The number of carbonyl (C=O) groups is 3. The van der Waals surface area contributed by atoms with Gasteiger partial charge < -0.3 is 21.5 Å². The molecule has 0 fully saturated rings. The second-order valence-electron chi connectivity index (χ2n) is 4.52. The molecule has 1 heterocycles. The van der Waals surface area contributed by atoms with Crippen molar-refractivity contribution in [2.24, 2.45) is 5.73 Å². The quantitative estimate of drug-likeness (QED) is 0.540. The first kappa shape index (κ1) is 18.2. The Morgan fingerprint density at radius 2 is 2.09 bits per heavy atom. The lowest BCUT2D eigenvalue weighted by Gasteiger charge is -2.13. The molecule has 124 valence electrons. The largest absolute Gasteiger partial charge is 0.480 e. The summed E-state index contributed by atoms with van der Waals surface area (Å²) in [5.41, 5.74) is 4.96. The fraction of sp³-hybridized carbons (Fsp3) is 0.286. The first-order chi connectivity index (χ1) is 10.8. The van der Waals surface area contributed by atoms with Crippen molar-refractivity contribution >= 4 is 17.8 Å². The van der Waals surface area contributed by atoms with Crippen LogP contribution in [0.1, 0.15) is 30.0 Å². The number of amides is 2. The van der Waals surface area contributed by atoms with E-state index < -0.39 is 29.6 Å². The molecule has 0 saturated heterocycles. The number of aromatic nitrogens is 1. The molecular formula is C14H17FN4O4. The number of allylic oxidation sites excluding steroid dienone is 1. The van der Waals surface area contributed by atoms with Crippen molar-refractivity contribution in [2.75, 3.05) is 0 Å². The van der Waals surface area contributed by atoms with Gasteiger partial charge in [-0.1, -0.05) is 6.08 Å². The Morgan fingerprint density at radius 3 is 2.61 bits per heavy atom. The number of hydrogen-bond acceptors (Lipinski definition) is 5. The summed E-state index contributed by atoms with van der Waals surface area (Å²) in [5.74, 6) is -3.36. The van der Waals surface area contributed by atoms with Crippen LogP contribution in [0, 0.1) is 5.82 Å². The summed E-state index contributed by atoms with van der Waals surface area (Å²) in [6.07, 6.45) is 1.30. The van der Waals surface area contributed by atoms with Gasteiger partial charge in [0, 0.05) is 6.54 Å². The van der Waals surface area contributed by atoms with Gasteiger partial charge in [0.25, 0.3) is 11.8 Å². The summed E-state index contributed by atoms with van der Waals surface area (Å²) < 4.78 is 13.3. The number of rotatable bonds is 6. The molecule has 0 unspecified atom stereocenters. The van der Waals surface area contributed by atoms with Crippen molar-refractivity contribution < 1.29 is 23.9 Å². The van der Waals surface area contributed by atoms with Crippen LogP contribution in [-0.4, -0.2) is 33.9 Å². The van der Waals surface area contributed by atoms with Crippen molar-refractivity contribution in [1.82, 2.24) is 15.6 Å². The highest BCUT2D eigenvalue weighted by atomic mass is 19.1. The van der Waals surface area contributed by atoms with E-state index in [1.54, 1.807) is 0 Å². The number of hydrogen-bond donors (Lipinski definition) is 4. The first-order valence-corrected chi connectivity index (χ1v) is 6.67. The molecule has 0 aliphatic carbocycles. The van der Waals surface area contributed by atoms with Gasteiger partial charge in [0.15, 0.2) is 0 Å². The molecule has 8 nitrogen and oxygen atoms in total. The van der Waals surface area contributed by atoms with Gasteiger partial charge in [0.05, 0.1) is 5.69 Å². The van der Waals surface area contributed by atoms with Crippen LogP contribution in [0.2, 0.25) is 0 Å². The van der Waals surface area contributed by atoms with Crippen LogP contribution >= 0.6 is 0 Å². The van der Waals surface area contributed by atoms with Gasteiger partial charge in [0.1, 0.15) is 23.3 Å². The number of carboxylic acid groups (broad SMARTS) is 1. The van der Waals surface area contributed by atoms with Crippen molar-refractivity contribution in [3.63, 3.8) is 0 Å². The molecule has 0 spiro atoms. The third kappa shape index (κ3) is 4.85. The van der Waals surface area contributed by atoms with Gasteiger partial charge in [-0.3, -0.25) is 14.4 Å². The van der Waals surface area contributed by atoms with Crippen LogP contribution in [0.3, 0.4) is 0 Å². The smallest absolute Gasteiger partial charge is 0.325 e. The maximum absolute atomic E-state index is 13.3. The van der Waals surface area contributed by atoms with Crippen molar-refractivity contribution in [3.8, 4) is 0 Å². The Kier molecular flexibility index (Phi) is 6.34. The molecule has 0 aliphatic rings. The number of aliphatic carboxylic acids is 1. The molecule has 0 radical (unpaired) electrons. The van der Waals surface area contributed by atoms with Crippen molar-refractivity contribution in [3.05, 3.63) is 41.1 Å². The van der Waals surface area contributed by atoms with E-state index in [4.69, 9.17) is 10.8 Å². The lowest BCUT2D eigenvalue weighted by molar-refractivity contribution is -0.140. The predicted octanol–water partition coefficient (Wildman–Crippen LogP) is -0.0977. The van der Waals surface area contributed by atoms with Gasteiger partial charge in [0.2, 0.25) is 0 Å². The number of nitrogens with one attached hydrogen (secondary N) is 2. The number of carboxylic acids is 1. The molecule has 23 heavy (non-hydrogen) atoms. The van der Waals surface area contributed by atoms with Gasteiger partial charge in [-0.25, -0.2) is 9.37 Å². The van der Waals surface area contributed by atoms with Crippen LogP contribution in [0.5, 0.6) is 0 Å². The molecule has 0 aromatic carbocycles. The average Bonchev–Trinajstić information content (AvgIpc) is 2.52. The zero-order chi connectivity index (χ0) is 17.6. The molecule has 0 saturated carbocycles. The predicted molar refractivity (Wildman–Crippen MR) is 78.6 cm³/mol. The van der Waals surface area contributed by atoms with E-state index in [2.05, 4.69) is 15.6 Å². The van der Waals surface area contributed by atoms with Crippen LogP contribution in [0.15, 0.2) is 23.9 Å². The van der Waals surface area contributed by atoms with Crippen LogP contribution < -0.4 is 16.4 Å². The Morgan fingerprint density at radius 1 is 1.43 bits per heavy atom. The van der Waals surface area contributed by atoms with E-state index in [9.17, 15) is 18.8 Å². The molecule has 9 heteroatoms. The number of pyridine rings is 1. The Labute approximate surface area is 131 Å². The zero-order valence-corrected chi connectivity index (χ0v) is 12.6. The maximum Gasteiger partial charge on any atom is 0.325 e. The van der Waals surface area contributed by atoms with E-state index in [1.165, 1.54) is 19.9 Å². The number of carbonyl (C=O) groups excluding carboxylic acids is 2. The van der Waals surface area contributed by atoms with Crippen LogP contribution in [-0.2, 0) is 16.1 Å². The summed E-state index contributed by atoms with van der Waals surface area (Å²) in [4.78, 5) is 38.4. The van der Waals surface area contributed by atoms with Gasteiger partial charge in [-0.15, -0.1) is 0 Å². The third-order valence-electron chi connectivity index (χ3n) is 2.84. The lowest BCUT2D eigenvalue weighted by atomic mass is 10.2. The number of nitrogens with two attached hydrogens (primary N) is 1. The molecule has 0 bridgehead atoms. The van der Waals surface area contributed by atoms with E-state index in [-0.39, 0.29) is 23.6 Å². The molecule has 1 aromatic rings. The minimum absolute atomic E-state index is 0.0800. The third-order valence-corrected chi connectivity index (χ3v) is 2.84. The highest BCUT2D eigenvalue weighted by Crippen LogP contribution is 2.06.